The molecule has 1 N–H and O–H groups in total. The minimum Gasteiger partial charge on any atom is -0.478 e. The predicted octanol–water partition coefficient (Wildman–Crippen LogP) is 5.16. The van der Waals surface area contributed by atoms with Gasteiger partial charge in [-0.15, -0.1) is 0 Å². The Bertz CT molecular complexity index is 1530. The molecule has 208 valence electrons. The summed E-state index contributed by atoms with van der Waals surface area (Å²) in [7, 11) is 0. The van der Waals surface area contributed by atoms with E-state index in [0.717, 1.165) is 67.6 Å². The van der Waals surface area contributed by atoms with Gasteiger partial charge in [-0.2, -0.15) is 0 Å². The van der Waals surface area contributed by atoms with Crippen LogP contribution in [0.15, 0.2) is 54.6 Å². The molecule has 40 heavy (non-hydrogen) atoms. The maximum absolute atomic E-state index is 14.0. The molecule has 0 saturated carbocycles. The number of ether oxygens (including phenoxy) is 2. The van der Waals surface area contributed by atoms with Gasteiger partial charge in [-0.1, -0.05) is 6.07 Å². The first kappa shape index (κ1) is 26.3. The van der Waals surface area contributed by atoms with Gasteiger partial charge in [0, 0.05) is 35.9 Å². The fourth-order valence-corrected chi connectivity index (χ4v) is 5.38. The van der Waals surface area contributed by atoms with E-state index < -0.39 is 17.6 Å². The van der Waals surface area contributed by atoms with E-state index >= 15 is 0 Å². The molecule has 1 atom stereocenters. The lowest BCUT2D eigenvalue weighted by Crippen LogP contribution is -2.35. The van der Waals surface area contributed by atoms with Crippen LogP contribution in [0.5, 0.6) is 5.88 Å². The van der Waals surface area contributed by atoms with Crippen molar-refractivity contribution in [3.8, 4) is 5.88 Å². The fourth-order valence-electron chi connectivity index (χ4n) is 5.38. The van der Waals surface area contributed by atoms with Crippen molar-refractivity contribution in [3.05, 3.63) is 88.9 Å². The van der Waals surface area contributed by atoms with Crippen LogP contribution in [0, 0.1) is 11.6 Å². The van der Waals surface area contributed by atoms with Crippen molar-refractivity contribution in [3.63, 3.8) is 0 Å². The zero-order valence-corrected chi connectivity index (χ0v) is 21.9. The third-order valence-electron chi connectivity index (χ3n) is 7.76. The smallest absolute Gasteiger partial charge is 0.335 e. The zero-order valence-electron chi connectivity index (χ0n) is 21.9. The number of piperidine rings is 1. The second kappa shape index (κ2) is 11.3. The van der Waals surface area contributed by atoms with Crippen LogP contribution < -0.4 is 4.74 Å². The number of carbonyl (C=O) groups is 1. The number of pyridine rings is 1. The molecule has 8 nitrogen and oxygen atoms in total. The van der Waals surface area contributed by atoms with Gasteiger partial charge in [-0.25, -0.2) is 23.5 Å². The number of rotatable bonds is 9. The predicted molar refractivity (Wildman–Crippen MR) is 143 cm³/mol. The van der Waals surface area contributed by atoms with Crippen molar-refractivity contribution >= 4 is 17.0 Å². The van der Waals surface area contributed by atoms with Crippen molar-refractivity contribution in [2.24, 2.45) is 0 Å². The van der Waals surface area contributed by atoms with E-state index in [9.17, 15) is 18.7 Å². The van der Waals surface area contributed by atoms with E-state index in [4.69, 9.17) is 14.5 Å². The summed E-state index contributed by atoms with van der Waals surface area (Å²) in [6.45, 7) is 3.77. The Morgan fingerprint density at radius 2 is 1.88 bits per heavy atom. The number of aromatic carboxylic acids is 1. The Morgan fingerprint density at radius 1 is 1.05 bits per heavy atom. The number of nitrogens with zero attached hydrogens (tertiary/aromatic N) is 4. The van der Waals surface area contributed by atoms with Crippen LogP contribution >= 0.6 is 0 Å². The second-order valence-electron chi connectivity index (χ2n) is 10.4. The highest BCUT2D eigenvalue weighted by Gasteiger charge is 2.26. The van der Waals surface area contributed by atoms with E-state index in [-0.39, 0.29) is 29.8 Å². The topological polar surface area (TPSA) is 89.7 Å². The van der Waals surface area contributed by atoms with Crippen LogP contribution in [0.3, 0.4) is 0 Å². The average Bonchev–Trinajstić information content (AvgIpc) is 3.26. The van der Waals surface area contributed by atoms with Crippen LogP contribution in [0.2, 0.25) is 0 Å². The average molecular weight is 549 g/mol. The summed E-state index contributed by atoms with van der Waals surface area (Å²) in [5, 5.41) is 9.48. The van der Waals surface area contributed by atoms with Crippen LogP contribution in [0.4, 0.5) is 8.78 Å². The Kier molecular flexibility index (Phi) is 7.44. The number of hydrogen-bond donors (Lipinski definition) is 1. The fraction of sp³-hybridized carbons (Fsp3) is 0.367. The lowest BCUT2D eigenvalue weighted by molar-refractivity contribution is -0.0592. The number of benzene rings is 2. The standard InChI is InChI=1S/C30H30F2N4O4/c31-22-6-4-21(24(32)15-22)18-40-29-3-1-2-25(34-29)19-8-11-35(12-9-19)17-28-33-26-7-5-20(30(37)38)14-27(26)36(28)16-23-10-13-39-23/h1-7,14-15,19,23H,8-13,16-18H2,(H,37,38)/t23-/m0/s1. The van der Waals surface area contributed by atoms with E-state index in [1.54, 1.807) is 24.3 Å². The third-order valence-corrected chi connectivity index (χ3v) is 7.76. The lowest BCUT2D eigenvalue weighted by Gasteiger charge is -2.32. The normalized spacial score (nSPS) is 18.1. The van der Waals surface area contributed by atoms with Crippen molar-refractivity contribution < 1.29 is 28.2 Å². The Morgan fingerprint density at radius 3 is 2.60 bits per heavy atom. The summed E-state index contributed by atoms with van der Waals surface area (Å²) in [4.78, 5) is 23.5. The molecule has 2 aromatic carbocycles. The summed E-state index contributed by atoms with van der Waals surface area (Å²) in [5.74, 6) is -0.625. The van der Waals surface area contributed by atoms with E-state index in [2.05, 4.69) is 14.5 Å². The molecule has 2 aliphatic heterocycles. The summed E-state index contributed by atoms with van der Waals surface area (Å²) in [6.07, 6.45) is 2.93. The van der Waals surface area contributed by atoms with Gasteiger partial charge in [0.1, 0.15) is 24.1 Å². The molecule has 0 amide bonds. The molecule has 4 heterocycles. The van der Waals surface area contributed by atoms with Crippen molar-refractivity contribution in [2.75, 3.05) is 19.7 Å². The second-order valence-corrected chi connectivity index (χ2v) is 10.4. The van der Waals surface area contributed by atoms with E-state index in [0.29, 0.717) is 19.0 Å². The number of halogens is 2. The molecule has 2 fully saturated rings. The largest absolute Gasteiger partial charge is 0.478 e. The summed E-state index contributed by atoms with van der Waals surface area (Å²) in [5.41, 5.74) is 3.07. The molecule has 6 rings (SSSR count). The van der Waals surface area contributed by atoms with Crippen molar-refractivity contribution in [1.29, 1.82) is 0 Å². The van der Waals surface area contributed by atoms with Gasteiger partial charge < -0.3 is 19.1 Å². The molecule has 0 spiro atoms. The molecular weight excluding hydrogens is 518 g/mol. The van der Waals surface area contributed by atoms with Crippen molar-refractivity contribution in [1.82, 2.24) is 19.4 Å². The number of hydrogen-bond acceptors (Lipinski definition) is 6. The van der Waals surface area contributed by atoms with Crippen LogP contribution in [-0.4, -0.2) is 56.3 Å². The molecule has 0 unspecified atom stereocenters. The quantitative estimate of drug-likeness (QED) is 0.309. The molecular formula is C30H30F2N4O4. The van der Waals surface area contributed by atoms with Gasteiger partial charge in [0.2, 0.25) is 5.88 Å². The Balaban J connectivity index is 1.11. The maximum Gasteiger partial charge on any atom is 0.335 e. The van der Waals surface area contributed by atoms with Crippen LogP contribution in [-0.2, 0) is 24.4 Å². The highest BCUT2D eigenvalue weighted by atomic mass is 19.1. The zero-order chi connectivity index (χ0) is 27.6. The first-order valence-corrected chi connectivity index (χ1v) is 13.5. The third kappa shape index (κ3) is 5.68. The minimum atomic E-state index is -0.955. The van der Waals surface area contributed by atoms with Crippen molar-refractivity contribution in [2.45, 2.75) is 51.0 Å². The van der Waals surface area contributed by atoms with Crippen LogP contribution in [0.1, 0.15) is 52.6 Å². The highest BCUT2D eigenvalue weighted by Crippen LogP contribution is 2.30. The lowest BCUT2D eigenvalue weighted by atomic mass is 9.93. The number of carboxylic acid groups (broad SMARTS) is 1. The molecule has 0 bridgehead atoms. The Labute approximate surface area is 230 Å². The van der Waals surface area contributed by atoms with Gasteiger partial charge in [0.25, 0.3) is 0 Å². The van der Waals surface area contributed by atoms with E-state index in [1.807, 2.05) is 12.1 Å². The van der Waals surface area contributed by atoms with Gasteiger partial charge in [0.05, 0.1) is 35.8 Å². The number of imidazole rings is 1. The monoisotopic (exact) mass is 548 g/mol. The minimum absolute atomic E-state index is 0.0259. The molecule has 4 aromatic rings. The number of fused-ring (bicyclic) bond motifs is 1. The first-order chi connectivity index (χ1) is 19.4. The molecule has 2 aliphatic rings. The number of carboxylic acids is 1. The molecule has 2 aromatic heterocycles. The SMILES string of the molecule is O=C(O)c1ccc2nc(CN3CCC(c4cccc(OCc5ccc(F)cc5F)n4)CC3)n(C[C@@H]3CCO3)c2c1. The number of aromatic nitrogens is 3. The Hall–Kier alpha value is -3.89. The summed E-state index contributed by atoms with van der Waals surface area (Å²) in [6, 6.07) is 14.1. The van der Waals surface area contributed by atoms with Crippen LogP contribution in [0.25, 0.3) is 11.0 Å². The summed E-state index contributed by atoms with van der Waals surface area (Å²) >= 11 is 0. The maximum atomic E-state index is 14.0. The molecule has 2 saturated heterocycles. The van der Waals surface area contributed by atoms with Gasteiger partial charge >= 0.3 is 5.97 Å². The van der Waals surface area contributed by atoms with Gasteiger partial charge in [0.15, 0.2) is 0 Å². The van der Waals surface area contributed by atoms with Gasteiger partial charge in [-0.3, -0.25) is 4.90 Å². The van der Waals surface area contributed by atoms with E-state index in [1.165, 1.54) is 12.1 Å². The molecule has 0 radical (unpaired) electrons. The highest BCUT2D eigenvalue weighted by molar-refractivity contribution is 5.92. The molecule has 0 aliphatic carbocycles. The van der Waals surface area contributed by atoms with Gasteiger partial charge in [-0.05, 0) is 68.8 Å². The molecule has 10 heteroatoms. The summed E-state index contributed by atoms with van der Waals surface area (Å²) < 4.78 is 40.6. The first-order valence-electron chi connectivity index (χ1n) is 13.5. The number of likely N-dealkylation sites (tertiary alicyclic amines) is 1.